The Bertz CT molecular complexity index is 725. The maximum Gasteiger partial charge on any atom is 0.341 e. The summed E-state index contributed by atoms with van der Waals surface area (Å²) in [5.41, 5.74) is 3.11. The Hall–Kier alpha value is -2.56. The Kier molecular flexibility index (Phi) is 4.89. The first-order valence-electron chi connectivity index (χ1n) is 7.33. The molecular weight excluding hydrogens is 294 g/mol. The first-order chi connectivity index (χ1) is 10.8. The molecule has 2 aromatic rings. The number of amides is 1. The molecule has 1 aromatic carbocycles. The molecule has 0 fully saturated rings. The number of rotatable bonds is 4. The summed E-state index contributed by atoms with van der Waals surface area (Å²) in [5.74, 6) is 0.494. The van der Waals surface area contributed by atoms with Crippen LogP contribution in [0.5, 0.6) is 0 Å². The van der Waals surface area contributed by atoms with Gasteiger partial charge in [-0.25, -0.2) is 4.79 Å². The molecule has 2 rings (SSSR count). The molecule has 5 heteroatoms. The van der Waals surface area contributed by atoms with E-state index in [4.69, 9.17) is 9.15 Å². The number of hydrogen-bond acceptors (Lipinski definition) is 4. The molecule has 0 aliphatic heterocycles. The lowest BCUT2D eigenvalue weighted by molar-refractivity contribution is 0.0598. The van der Waals surface area contributed by atoms with Gasteiger partial charge in [0, 0.05) is 12.6 Å². The summed E-state index contributed by atoms with van der Waals surface area (Å²) in [7, 11) is 3.03. The van der Waals surface area contributed by atoms with E-state index in [1.165, 1.54) is 7.11 Å². The van der Waals surface area contributed by atoms with Gasteiger partial charge in [0.05, 0.1) is 13.7 Å². The SMILES string of the molecule is COC(=O)c1cc(CN(C)C(=O)c2cc(C)cc(C)c2)oc1C. The van der Waals surface area contributed by atoms with E-state index in [0.29, 0.717) is 22.6 Å². The first kappa shape index (κ1) is 16.8. The van der Waals surface area contributed by atoms with Gasteiger partial charge in [-0.2, -0.15) is 0 Å². The highest BCUT2D eigenvalue weighted by atomic mass is 16.5. The van der Waals surface area contributed by atoms with Crippen LogP contribution in [0.4, 0.5) is 0 Å². The van der Waals surface area contributed by atoms with Crippen molar-refractivity contribution >= 4 is 11.9 Å². The average molecular weight is 315 g/mol. The van der Waals surface area contributed by atoms with Gasteiger partial charge in [-0.3, -0.25) is 4.79 Å². The van der Waals surface area contributed by atoms with Crippen molar-refractivity contribution in [1.82, 2.24) is 4.90 Å². The van der Waals surface area contributed by atoms with Crippen molar-refractivity contribution in [2.75, 3.05) is 14.2 Å². The van der Waals surface area contributed by atoms with Crippen LogP contribution in [0.3, 0.4) is 0 Å². The van der Waals surface area contributed by atoms with E-state index in [-0.39, 0.29) is 12.5 Å². The zero-order valence-corrected chi connectivity index (χ0v) is 14.1. The molecule has 0 atom stereocenters. The monoisotopic (exact) mass is 315 g/mol. The van der Waals surface area contributed by atoms with E-state index in [0.717, 1.165) is 11.1 Å². The Balaban J connectivity index is 2.17. The van der Waals surface area contributed by atoms with Crippen LogP contribution in [-0.4, -0.2) is 30.9 Å². The normalized spacial score (nSPS) is 10.5. The van der Waals surface area contributed by atoms with Crippen LogP contribution < -0.4 is 0 Å². The number of methoxy groups -OCH3 is 1. The minimum atomic E-state index is -0.444. The molecule has 5 nitrogen and oxygen atoms in total. The molecule has 1 heterocycles. The summed E-state index contributed by atoms with van der Waals surface area (Å²) in [6.07, 6.45) is 0. The van der Waals surface area contributed by atoms with Crippen LogP contribution in [0.25, 0.3) is 0 Å². The second-order valence-electron chi connectivity index (χ2n) is 5.71. The fourth-order valence-corrected chi connectivity index (χ4v) is 2.56. The van der Waals surface area contributed by atoms with Gasteiger partial charge >= 0.3 is 5.97 Å². The molecule has 0 saturated heterocycles. The van der Waals surface area contributed by atoms with Crippen LogP contribution in [0.2, 0.25) is 0 Å². The van der Waals surface area contributed by atoms with E-state index < -0.39 is 5.97 Å². The van der Waals surface area contributed by atoms with E-state index in [9.17, 15) is 9.59 Å². The van der Waals surface area contributed by atoms with Gasteiger partial charge in [0.15, 0.2) is 0 Å². The van der Waals surface area contributed by atoms with Crippen molar-refractivity contribution in [3.05, 3.63) is 58.0 Å². The molecule has 0 bridgehead atoms. The van der Waals surface area contributed by atoms with E-state index in [1.54, 1.807) is 24.9 Å². The summed E-state index contributed by atoms with van der Waals surface area (Å²) in [6.45, 7) is 5.90. The van der Waals surface area contributed by atoms with E-state index in [2.05, 4.69) is 0 Å². The fourth-order valence-electron chi connectivity index (χ4n) is 2.56. The first-order valence-corrected chi connectivity index (χ1v) is 7.33. The van der Waals surface area contributed by atoms with Gasteiger partial charge in [0.2, 0.25) is 0 Å². The van der Waals surface area contributed by atoms with Crippen molar-refractivity contribution in [2.45, 2.75) is 27.3 Å². The van der Waals surface area contributed by atoms with Crippen LogP contribution in [-0.2, 0) is 11.3 Å². The fraction of sp³-hybridized carbons (Fsp3) is 0.333. The lowest BCUT2D eigenvalue weighted by Crippen LogP contribution is -2.26. The summed E-state index contributed by atoms with van der Waals surface area (Å²) in [4.78, 5) is 25.7. The number of esters is 1. The second kappa shape index (κ2) is 6.69. The minimum absolute atomic E-state index is 0.0922. The summed E-state index contributed by atoms with van der Waals surface area (Å²) in [5, 5.41) is 0. The van der Waals surface area contributed by atoms with Gasteiger partial charge < -0.3 is 14.1 Å². The highest BCUT2D eigenvalue weighted by Gasteiger charge is 2.19. The predicted molar refractivity (Wildman–Crippen MR) is 86.5 cm³/mol. The van der Waals surface area contributed by atoms with Crippen LogP contribution in [0.15, 0.2) is 28.7 Å². The third-order valence-corrected chi connectivity index (χ3v) is 3.58. The molecule has 1 aromatic heterocycles. The van der Waals surface area contributed by atoms with Crippen molar-refractivity contribution in [3.8, 4) is 0 Å². The van der Waals surface area contributed by atoms with Gasteiger partial charge in [-0.05, 0) is 39.0 Å². The Morgan fingerprint density at radius 3 is 2.26 bits per heavy atom. The topological polar surface area (TPSA) is 59.8 Å². The van der Waals surface area contributed by atoms with Crippen LogP contribution >= 0.6 is 0 Å². The molecule has 0 aliphatic carbocycles. The summed E-state index contributed by atoms with van der Waals surface area (Å²) < 4.78 is 10.2. The van der Waals surface area contributed by atoms with E-state index >= 15 is 0 Å². The van der Waals surface area contributed by atoms with Gasteiger partial charge in [-0.1, -0.05) is 17.2 Å². The smallest absolute Gasteiger partial charge is 0.341 e. The molecule has 122 valence electrons. The molecular formula is C18H21NO4. The molecule has 0 spiro atoms. The third-order valence-electron chi connectivity index (χ3n) is 3.58. The lowest BCUT2D eigenvalue weighted by Gasteiger charge is -2.16. The number of hydrogen-bond donors (Lipinski definition) is 0. The van der Waals surface area contributed by atoms with Crippen molar-refractivity contribution < 1.29 is 18.7 Å². The van der Waals surface area contributed by atoms with Crippen LogP contribution in [0, 0.1) is 20.8 Å². The maximum absolute atomic E-state index is 12.5. The number of ether oxygens (including phenoxy) is 1. The third kappa shape index (κ3) is 3.80. The van der Waals surface area contributed by atoms with Crippen molar-refractivity contribution in [1.29, 1.82) is 0 Å². The van der Waals surface area contributed by atoms with Crippen molar-refractivity contribution in [3.63, 3.8) is 0 Å². The standard InChI is InChI=1S/C18H21NO4/c1-11-6-12(2)8-14(7-11)17(20)19(4)10-15-9-16(13(3)23-15)18(21)22-5/h6-9H,10H2,1-5H3. The number of benzene rings is 1. The van der Waals surface area contributed by atoms with Gasteiger partial charge in [0.1, 0.15) is 17.1 Å². The number of aryl methyl sites for hydroxylation is 3. The molecule has 0 radical (unpaired) electrons. The Labute approximate surface area is 135 Å². The predicted octanol–water partition coefficient (Wildman–Crippen LogP) is 3.26. The zero-order valence-electron chi connectivity index (χ0n) is 14.1. The van der Waals surface area contributed by atoms with Gasteiger partial charge in [-0.15, -0.1) is 0 Å². The highest BCUT2D eigenvalue weighted by molar-refractivity contribution is 5.94. The molecule has 0 saturated carbocycles. The summed E-state index contributed by atoms with van der Waals surface area (Å²) in [6, 6.07) is 7.36. The Morgan fingerprint density at radius 2 is 1.70 bits per heavy atom. The average Bonchev–Trinajstić information content (AvgIpc) is 2.85. The number of carbonyl (C=O) groups excluding carboxylic acids is 2. The largest absolute Gasteiger partial charge is 0.465 e. The summed E-state index contributed by atoms with van der Waals surface area (Å²) >= 11 is 0. The minimum Gasteiger partial charge on any atom is -0.465 e. The Morgan fingerprint density at radius 1 is 1.09 bits per heavy atom. The molecule has 23 heavy (non-hydrogen) atoms. The maximum atomic E-state index is 12.5. The quantitative estimate of drug-likeness (QED) is 0.813. The van der Waals surface area contributed by atoms with Crippen LogP contribution in [0.1, 0.15) is 43.4 Å². The lowest BCUT2D eigenvalue weighted by atomic mass is 10.1. The molecule has 0 N–H and O–H groups in total. The van der Waals surface area contributed by atoms with Crippen molar-refractivity contribution in [2.24, 2.45) is 0 Å². The second-order valence-corrected chi connectivity index (χ2v) is 5.71. The van der Waals surface area contributed by atoms with E-state index in [1.807, 2.05) is 32.0 Å². The molecule has 0 unspecified atom stereocenters. The number of furan rings is 1. The highest BCUT2D eigenvalue weighted by Crippen LogP contribution is 2.18. The molecule has 1 amide bonds. The van der Waals surface area contributed by atoms with Gasteiger partial charge in [0.25, 0.3) is 5.91 Å². The number of nitrogens with zero attached hydrogens (tertiary/aromatic N) is 1. The molecule has 0 aliphatic rings. The zero-order chi connectivity index (χ0) is 17.1. The number of carbonyl (C=O) groups is 2.